The lowest BCUT2D eigenvalue weighted by Gasteiger charge is -2.15. The Kier molecular flexibility index (Phi) is 7.98. The van der Waals surface area contributed by atoms with E-state index in [1.807, 2.05) is 20.8 Å². The van der Waals surface area contributed by atoms with Gasteiger partial charge < -0.3 is 14.8 Å². The molecule has 0 heterocycles. The third kappa shape index (κ3) is 5.84. The second-order valence-corrected chi connectivity index (χ2v) is 5.11. The number of carbonyl (C=O) groups is 1. The van der Waals surface area contributed by atoms with Crippen molar-refractivity contribution in [3.05, 3.63) is 23.8 Å². The molecule has 118 valence electrons. The number of amides is 1. The molecule has 1 aromatic carbocycles. The first-order valence-electron chi connectivity index (χ1n) is 7.38. The molecule has 1 N–H and O–H groups in total. The number of ether oxygens (including phenoxy) is 2. The van der Waals surface area contributed by atoms with Crippen LogP contribution >= 0.6 is 11.6 Å². The molecule has 0 aliphatic carbocycles. The molecule has 21 heavy (non-hydrogen) atoms. The van der Waals surface area contributed by atoms with Crippen molar-refractivity contribution in [2.45, 2.75) is 39.7 Å². The van der Waals surface area contributed by atoms with Crippen molar-refractivity contribution in [1.82, 2.24) is 5.32 Å². The summed E-state index contributed by atoms with van der Waals surface area (Å²) in [6, 6.07) is 5.33. The number of rotatable bonds is 9. The van der Waals surface area contributed by atoms with Gasteiger partial charge in [0.1, 0.15) is 0 Å². The highest BCUT2D eigenvalue weighted by atomic mass is 35.5. The molecule has 1 rings (SSSR count). The largest absolute Gasteiger partial charge is 0.490 e. The van der Waals surface area contributed by atoms with Crippen LogP contribution in [0.1, 0.15) is 44.0 Å². The van der Waals surface area contributed by atoms with Crippen LogP contribution in [0.25, 0.3) is 0 Å². The van der Waals surface area contributed by atoms with E-state index in [9.17, 15) is 4.79 Å². The smallest absolute Gasteiger partial charge is 0.251 e. The van der Waals surface area contributed by atoms with Crippen molar-refractivity contribution in [2.75, 3.05) is 19.1 Å². The molecule has 0 aliphatic heterocycles. The standard InChI is InChI=1S/C16H24ClNO3/c1-4-20-14-9-8-13(11-15(14)21-5-2)16(19)18-12(3)7-6-10-17/h8-9,11-12H,4-7,10H2,1-3H3,(H,18,19). The van der Waals surface area contributed by atoms with Crippen LogP contribution in [0.4, 0.5) is 0 Å². The Morgan fingerprint density at radius 3 is 2.52 bits per heavy atom. The first kappa shape index (κ1) is 17.6. The van der Waals surface area contributed by atoms with Crippen LogP contribution in [-0.4, -0.2) is 31.0 Å². The minimum atomic E-state index is -0.110. The summed E-state index contributed by atoms with van der Waals surface area (Å²) >= 11 is 5.66. The summed E-state index contributed by atoms with van der Waals surface area (Å²) < 4.78 is 11.0. The number of halogens is 1. The van der Waals surface area contributed by atoms with Crippen LogP contribution in [0.15, 0.2) is 18.2 Å². The van der Waals surface area contributed by atoms with Gasteiger partial charge in [-0.3, -0.25) is 4.79 Å². The Morgan fingerprint density at radius 2 is 1.90 bits per heavy atom. The highest BCUT2D eigenvalue weighted by Crippen LogP contribution is 2.28. The predicted octanol–water partition coefficient (Wildman–Crippen LogP) is 3.62. The first-order chi connectivity index (χ1) is 10.1. The highest BCUT2D eigenvalue weighted by Gasteiger charge is 2.13. The van der Waals surface area contributed by atoms with E-state index in [4.69, 9.17) is 21.1 Å². The van der Waals surface area contributed by atoms with Crippen molar-refractivity contribution in [1.29, 1.82) is 0 Å². The summed E-state index contributed by atoms with van der Waals surface area (Å²) in [7, 11) is 0. The molecule has 5 heteroatoms. The second kappa shape index (κ2) is 9.50. The molecule has 1 unspecified atom stereocenters. The number of carbonyl (C=O) groups excluding carboxylic acids is 1. The Balaban J connectivity index is 2.77. The van der Waals surface area contributed by atoms with Gasteiger partial charge in [-0.2, -0.15) is 0 Å². The van der Waals surface area contributed by atoms with Gasteiger partial charge in [0.05, 0.1) is 13.2 Å². The van der Waals surface area contributed by atoms with Gasteiger partial charge in [0.25, 0.3) is 5.91 Å². The lowest BCUT2D eigenvalue weighted by atomic mass is 10.1. The summed E-state index contributed by atoms with van der Waals surface area (Å²) in [4.78, 5) is 12.2. The van der Waals surface area contributed by atoms with Crippen molar-refractivity contribution in [3.63, 3.8) is 0 Å². The molecule has 1 amide bonds. The quantitative estimate of drug-likeness (QED) is 0.708. The van der Waals surface area contributed by atoms with Crippen molar-refractivity contribution in [3.8, 4) is 11.5 Å². The molecule has 0 bridgehead atoms. The van der Waals surface area contributed by atoms with E-state index in [0.717, 1.165) is 12.8 Å². The maximum atomic E-state index is 12.2. The highest BCUT2D eigenvalue weighted by molar-refractivity contribution is 6.17. The van der Waals surface area contributed by atoms with E-state index < -0.39 is 0 Å². The molecule has 0 aromatic heterocycles. The zero-order valence-electron chi connectivity index (χ0n) is 12.9. The average Bonchev–Trinajstić information content (AvgIpc) is 2.47. The monoisotopic (exact) mass is 313 g/mol. The van der Waals surface area contributed by atoms with Crippen LogP contribution in [0, 0.1) is 0 Å². The molecule has 0 fully saturated rings. The van der Waals surface area contributed by atoms with E-state index in [2.05, 4.69) is 5.32 Å². The Labute approximate surface area is 131 Å². The fourth-order valence-corrected chi connectivity index (χ4v) is 2.11. The topological polar surface area (TPSA) is 47.6 Å². The van der Waals surface area contributed by atoms with Crippen LogP contribution in [0.5, 0.6) is 11.5 Å². The van der Waals surface area contributed by atoms with Crippen LogP contribution < -0.4 is 14.8 Å². The second-order valence-electron chi connectivity index (χ2n) is 4.73. The molecule has 0 radical (unpaired) electrons. The Hall–Kier alpha value is -1.42. The maximum Gasteiger partial charge on any atom is 0.251 e. The van der Waals surface area contributed by atoms with Gasteiger partial charge in [0.2, 0.25) is 0 Å². The summed E-state index contributed by atoms with van der Waals surface area (Å²) in [6.45, 7) is 6.87. The van der Waals surface area contributed by atoms with Crippen LogP contribution in [-0.2, 0) is 0 Å². The molecule has 1 atom stereocenters. The number of hydrogen-bond donors (Lipinski definition) is 1. The molecule has 1 aromatic rings. The van der Waals surface area contributed by atoms with Crippen LogP contribution in [0.3, 0.4) is 0 Å². The average molecular weight is 314 g/mol. The Morgan fingerprint density at radius 1 is 1.24 bits per heavy atom. The zero-order valence-corrected chi connectivity index (χ0v) is 13.7. The SMILES string of the molecule is CCOc1ccc(C(=O)NC(C)CCCCl)cc1OCC. The Bertz CT molecular complexity index is 451. The van der Waals surface area contributed by atoms with E-state index in [0.29, 0.717) is 36.2 Å². The van der Waals surface area contributed by atoms with Gasteiger partial charge in [0, 0.05) is 17.5 Å². The van der Waals surface area contributed by atoms with Gasteiger partial charge in [0.15, 0.2) is 11.5 Å². The summed E-state index contributed by atoms with van der Waals surface area (Å²) in [5.41, 5.74) is 0.569. The third-order valence-corrected chi connectivity index (χ3v) is 3.22. The van der Waals surface area contributed by atoms with Gasteiger partial charge in [-0.15, -0.1) is 11.6 Å². The van der Waals surface area contributed by atoms with E-state index in [1.165, 1.54) is 0 Å². The maximum absolute atomic E-state index is 12.2. The number of hydrogen-bond acceptors (Lipinski definition) is 3. The molecule has 4 nitrogen and oxygen atoms in total. The minimum absolute atomic E-state index is 0.0957. The summed E-state index contributed by atoms with van der Waals surface area (Å²) in [5, 5.41) is 2.96. The fourth-order valence-electron chi connectivity index (χ4n) is 1.95. The van der Waals surface area contributed by atoms with Crippen molar-refractivity contribution in [2.24, 2.45) is 0 Å². The molecule has 0 saturated carbocycles. The number of nitrogens with one attached hydrogen (secondary N) is 1. The number of alkyl halides is 1. The molecule has 0 saturated heterocycles. The van der Waals surface area contributed by atoms with E-state index in [1.54, 1.807) is 18.2 Å². The van der Waals surface area contributed by atoms with Gasteiger partial charge in [-0.1, -0.05) is 0 Å². The first-order valence-corrected chi connectivity index (χ1v) is 7.92. The number of benzene rings is 1. The van der Waals surface area contributed by atoms with Crippen molar-refractivity contribution >= 4 is 17.5 Å². The molecule has 0 spiro atoms. The van der Waals surface area contributed by atoms with E-state index >= 15 is 0 Å². The van der Waals surface area contributed by atoms with E-state index in [-0.39, 0.29) is 11.9 Å². The molecular weight excluding hydrogens is 290 g/mol. The normalized spacial score (nSPS) is 11.8. The summed E-state index contributed by atoms with van der Waals surface area (Å²) in [5.74, 6) is 1.75. The molecule has 0 aliphatic rings. The molecular formula is C16H24ClNO3. The van der Waals surface area contributed by atoms with Gasteiger partial charge in [-0.25, -0.2) is 0 Å². The van der Waals surface area contributed by atoms with Gasteiger partial charge in [-0.05, 0) is 51.8 Å². The third-order valence-electron chi connectivity index (χ3n) is 2.95. The summed E-state index contributed by atoms with van der Waals surface area (Å²) in [6.07, 6.45) is 1.75. The fraction of sp³-hybridized carbons (Fsp3) is 0.562. The lowest BCUT2D eigenvalue weighted by molar-refractivity contribution is 0.0938. The predicted molar refractivity (Wildman–Crippen MR) is 85.7 cm³/mol. The minimum Gasteiger partial charge on any atom is -0.490 e. The van der Waals surface area contributed by atoms with Crippen molar-refractivity contribution < 1.29 is 14.3 Å². The van der Waals surface area contributed by atoms with Crippen LogP contribution in [0.2, 0.25) is 0 Å². The zero-order chi connectivity index (χ0) is 15.7. The van der Waals surface area contributed by atoms with Gasteiger partial charge >= 0.3 is 0 Å². The lowest BCUT2D eigenvalue weighted by Crippen LogP contribution is -2.32.